The molecule has 5 heteroatoms. The number of hydrogen-bond acceptors (Lipinski definition) is 4. The number of ketones is 1. The molecule has 0 saturated carbocycles. The highest BCUT2D eigenvalue weighted by Crippen LogP contribution is 2.41. The maximum atomic E-state index is 13.2. The molecule has 1 heterocycles. The minimum Gasteiger partial charge on any atom is -0.373 e. The summed E-state index contributed by atoms with van der Waals surface area (Å²) in [5.74, 6) is -0.373. The summed E-state index contributed by atoms with van der Waals surface area (Å²) in [6.07, 6.45) is 1.72. The van der Waals surface area contributed by atoms with Gasteiger partial charge in [-0.3, -0.25) is 4.79 Å². The zero-order valence-electron chi connectivity index (χ0n) is 13.4. The maximum absolute atomic E-state index is 13.2. The van der Waals surface area contributed by atoms with E-state index in [1.165, 1.54) is 12.1 Å². The predicted octanol–water partition coefficient (Wildman–Crippen LogP) is 2.82. The van der Waals surface area contributed by atoms with Crippen LogP contribution in [0.1, 0.15) is 5.56 Å². The van der Waals surface area contributed by atoms with Crippen LogP contribution in [0, 0.1) is 0 Å². The molecule has 0 spiro atoms. The Balaban J connectivity index is 1.88. The van der Waals surface area contributed by atoms with Crippen LogP contribution in [0.2, 0.25) is 0 Å². The van der Waals surface area contributed by atoms with Crippen molar-refractivity contribution < 1.29 is 17.9 Å². The van der Waals surface area contributed by atoms with Gasteiger partial charge < -0.3 is 4.74 Å². The van der Waals surface area contributed by atoms with E-state index in [9.17, 15) is 13.2 Å². The van der Waals surface area contributed by atoms with E-state index < -0.39 is 15.1 Å². The first kappa shape index (κ1) is 16.0. The molecule has 2 aromatic rings. The molecule has 1 aliphatic carbocycles. The number of rotatable bonds is 3. The minimum absolute atomic E-state index is 0.161. The van der Waals surface area contributed by atoms with Crippen molar-refractivity contribution in [3.05, 3.63) is 83.4 Å². The van der Waals surface area contributed by atoms with Gasteiger partial charge in [0.25, 0.3) is 0 Å². The normalized spacial score (nSPS) is 20.4. The first-order chi connectivity index (χ1) is 12.1. The van der Waals surface area contributed by atoms with Gasteiger partial charge in [-0.05, 0) is 28.8 Å². The van der Waals surface area contributed by atoms with Gasteiger partial charge in [-0.15, -0.1) is 0 Å². The quantitative estimate of drug-likeness (QED) is 0.852. The number of sulfone groups is 1. The fourth-order valence-corrected chi connectivity index (χ4v) is 5.18. The highest BCUT2D eigenvalue weighted by Gasteiger charge is 2.46. The van der Waals surface area contributed by atoms with Crippen molar-refractivity contribution in [1.29, 1.82) is 0 Å². The Hall–Kier alpha value is -2.50. The van der Waals surface area contributed by atoms with Crippen LogP contribution in [0.3, 0.4) is 0 Å². The number of benzene rings is 2. The average Bonchev–Trinajstić information content (AvgIpc) is 2.95. The second-order valence-electron chi connectivity index (χ2n) is 6.00. The summed E-state index contributed by atoms with van der Waals surface area (Å²) in [6.45, 7) is 0.567. The van der Waals surface area contributed by atoms with Gasteiger partial charge in [-0.25, -0.2) is 8.42 Å². The molecule has 0 N–H and O–H groups in total. The highest BCUT2D eigenvalue weighted by atomic mass is 32.2. The molecule has 4 nitrogen and oxygen atoms in total. The van der Waals surface area contributed by atoms with Crippen molar-refractivity contribution in [2.45, 2.75) is 10.1 Å². The summed E-state index contributed by atoms with van der Waals surface area (Å²) in [5.41, 5.74) is 2.44. The number of fused-ring (bicyclic) bond motifs is 1. The summed E-state index contributed by atoms with van der Waals surface area (Å²) < 4.78 is 31.8. The molecule has 1 atom stereocenters. The van der Waals surface area contributed by atoms with Gasteiger partial charge in [0.2, 0.25) is 0 Å². The lowest BCUT2D eigenvalue weighted by molar-refractivity contribution is -0.112. The number of carbonyl (C=O) groups is 1. The first-order valence-corrected chi connectivity index (χ1v) is 9.55. The van der Waals surface area contributed by atoms with Gasteiger partial charge in [0.1, 0.15) is 0 Å². The first-order valence-electron chi connectivity index (χ1n) is 8.00. The minimum atomic E-state index is -3.81. The van der Waals surface area contributed by atoms with Crippen LogP contribution in [-0.2, 0) is 19.4 Å². The molecule has 0 bridgehead atoms. The van der Waals surface area contributed by atoms with E-state index in [1.54, 1.807) is 24.3 Å². The lowest BCUT2D eigenvalue weighted by Crippen LogP contribution is -2.30. The Morgan fingerprint density at radius 3 is 2.24 bits per heavy atom. The predicted molar refractivity (Wildman–Crippen MR) is 94.7 cm³/mol. The largest absolute Gasteiger partial charge is 0.373 e. The molecule has 2 aromatic carbocycles. The average molecular weight is 352 g/mol. The molecular formula is C20H16O4S. The topological polar surface area (TPSA) is 60.4 Å². The monoisotopic (exact) mass is 352 g/mol. The number of carbonyl (C=O) groups excluding carboxylic acids is 1. The van der Waals surface area contributed by atoms with Gasteiger partial charge in [0.05, 0.1) is 18.1 Å². The molecule has 0 radical (unpaired) electrons. The molecule has 1 aliphatic heterocycles. The Labute approximate surface area is 146 Å². The van der Waals surface area contributed by atoms with E-state index in [1.807, 2.05) is 30.3 Å². The lowest BCUT2D eigenvalue weighted by atomic mass is 10.0. The van der Waals surface area contributed by atoms with E-state index >= 15 is 0 Å². The van der Waals surface area contributed by atoms with Crippen LogP contribution in [0.4, 0.5) is 0 Å². The van der Waals surface area contributed by atoms with Gasteiger partial charge in [-0.2, -0.15) is 0 Å². The van der Waals surface area contributed by atoms with Crippen molar-refractivity contribution >= 4 is 21.2 Å². The molecule has 0 amide bonds. The van der Waals surface area contributed by atoms with E-state index in [4.69, 9.17) is 4.74 Å². The zero-order valence-corrected chi connectivity index (χ0v) is 14.2. The number of ether oxygens (including phenoxy) is 1. The lowest BCUT2D eigenvalue weighted by Gasteiger charge is -2.18. The van der Waals surface area contributed by atoms with Crippen molar-refractivity contribution in [3.63, 3.8) is 0 Å². The van der Waals surface area contributed by atoms with E-state index in [0.717, 1.165) is 5.56 Å². The number of Topliss-reactive ketones (excluding diaryl/α,β-unsaturated/α-hetero) is 1. The standard InChI is InChI=1S/C20H16O4S/c21-19-18(14-7-3-1-4-8-14)17-13-24-12-11-16(17)20(19)25(22,23)15-9-5-2-6-10-15/h1-11,20H,12-13H2. The molecule has 1 unspecified atom stereocenters. The fraction of sp³-hybridized carbons (Fsp3) is 0.150. The van der Waals surface area contributed by atoms with Crippen LogP contribution in [0.25, 0.3) is 5.57 Å². The van der Waals surface area contributed by atoms with Crippen LogP contribution >= 0.6 is 0 Å². The Kier molecular flexibility index (Phi) is 3.90. The molecule has 25 heavy (non-hydrogen) atoms. The van der Waals surface area contributed by atoms with Gasteiger partial charge in [0, 0.05) is 5.57 Å². The smallest absolute Gasteiger partial charge is 0.192 e. The Bertz CT molecular complexity index is 987. The van der Waals surface area contributed by atoms with Crippen LogP contribution in [0.15, 0.2) is 82.8 Å². The molecule has 126 valence electrons. The van der Waals surface area contributed by atoms with Crippen molar-refractivity contribution in [1.82, 2.24) is 0 Å². The van der Waals surface area contributed by atoms with E-state index in [-0.39, 0.29) is 17.3 Å². The van der Waals surface area contributed by atoms with Gasteiger partial charge in [-0.1, -0.05) is 54.6 Å². The fourth-order valence-electron chi connectivity index (χ4n) is 3.39. The Morgan fingerprint density at radius 1 is 0.920 bits per heavy atom. The highest BCUT2D eigenvalue weighted by molar-refractivity contribution is 7.93. The van der Waals surface area contributed by atoms with Gasteiger partial charge >= 0.3 is 0 Å². The summed E-state index contributed by atoms with van der Waals surface area (Å²) >= 11 is 0. The van der Waals surface area contributed by atoms with Crippen LogP contribution in [0.5, 0.6) is 0 Å². The third kappa shape index (κ3) is 2.56. The molecule has 0 fully saturated rings. The second-order valence-corrected chi connectivity index (χ2v) is 8.03. The third-order valence-corrected chi connectivity index (χ3v) is 6.55. The molecule has 0 saturated heterocycles. The van der Waals surface area contributed by atoms with Crippen LogP contribution < -0.4 is 0 Å². The molecule has 2 aliphatic rings. The summed E-state index contributed by atoms with van der Waals surface area (Å²) in [6, 6.07) is 17.3. The maximum Gasteiger partial charge on any atom is 0.192 e. The van der Waals surface area contributed by atoms with Crippen LogP contribution in [-0.4, -0.2) is 32.7 Å². The number of allylic oxidation sites excluding steroid dienone is 1. The van der Waals surface area contributed by atoms with Gasteiger partial charge in [0.15, 0.2) is 20.9 Å². The van der Waals surface area contributed by atoms with E-state index in [0.29, 0.717) is 23.3 Å². The number of hydrogen-bond donors (Lipinski definition) is 0. The van der Waals surface area contributed by atoms with Crippen molar-refractivity contribution in [3.8, 4) is 0 Å². The van der Waals surface area contributed by atoms with E-state index in [2.05, 4.69) is 0 Å². The summed E-state index contributed by atoms with van der Waals surface area (Å²) in [7, 11) is -3.81. The summed E-state index contributed by atoms with van der Waals surface area (Å²) in [5, 5.41) is -1.19. The second kappa shape index (κ2) is 6.10. The van der Waals surface area contributed by atoms with Crippen molar-refractivity contribution in [2.24, 2.45) is 0 Å². The summed E-state index contributed by atoms with van der Waals surface area (Å²) in [4.78, 5) is 13.3. The zero-order chi connectivity index (χ0) is 17.4. The Morgan fingerprint density at radius 2 is 1.56 bits per heavy atom. The SMILES string of the molecule is O=C1C(c2ccccc2)=C2COCC=C2C1S(=O)(=O)c1ccccc1. The van der Waals surface area contributed by atoms with Crippen molar-refractivity contribution in [2.75, 3.05) is 13.2 Å². The third-order valence-electron chi connectivity index (χ3n) is 4.53. The molecule has 4 rings (SSSR count). The molecule has 0 aromatic heterocycles. The molecular weight excluding hydrogens is 336 g/mol.